The van der Waals surface area contributed by atoms with Crippen LogP contribution in [0.15, 0.2) is 42.5 Å². The average Bonchev–Trinajstić information content (AvgIpc) is 3.17. The molecule has 0 aliphatic carbocycles. The first-order chi connectivity index (χ1) is 10.8. The number of hydrogen-bond donors (Lipinski definition) is 0. The minimum atomic E-state index is 0.0258. The summed E-state index contributed by atoms with van der Waals surface area (Å²) in [5, 5.41) is 8.24. The van der Waals surface area contributed by atoms with Gasteiger partial charge in [-0.05, 0) is 43.2 Å². The minimum absolute atomic E-state index is 0.0258. The highest BCUT2D eigenvalue weighted by atomic mass is 16.2. The summed E-state index contributed by atoms with van der Waals surface area (Å²) in [6.07, 6.45) is 0.913. The van der Waals surface area contributed by atoms with Crippen LogP contribution in [0.3, 0.4) is 0 Å². The van der Waals surface area contributed by atoms with Gasteiger partial charge < -0.3 is 4.90 Å². The molecule has 3 aromatic rings. The molecule has 0 saturated carbocycles. The van der Waals surface area contributed by atoms with Gasteiger partial charge in [-0.15, -0.1) is 5.10 Å². The predicted octanol–water partition coefficient (Wildman–Crippen LogP) is 2.65. The normalized spacial score (nSPS) is 13.6. The Morgan fingerprint density at radius 2 is 2.09 bits per heavy atom. The van der Waals surface area contributed by atoms with Crippen LogP contribution in [0.2, 0.25) is 0 Å². The highest BCUT2D eigenvalue weighted by molar-refractivity contribution is 6.08. The highest BCUT2D eigenvalue weighted by Crippen LogP contribution is 2.29. The van der Waals surface area contributed by atoms with Crippen LogP contribution in [0.4, 0.5) is 5.69 Å². The van der Waals surface area contributed by atoms with Crippen LogP contribution in [0.25, 0.3) is 11.0 Å². The zero-order valence-electron chi connectivity index (χ0n) is 12.4. The van der Waals surface area contributed by atoms with Crippen molar-refractivity contribution in [2.24, 2.45) is 0 Å². The molecule has 1 aliphatic heterocycles. The first-order valence-corrected chi connectivity index (χ1v) is 7.51. The Labute approximate surface area is 128 Å². The number of para-hydroxylation sites is 1. The maximum Gasteiger partial charge on any atom is 0.258 e. The minimum Gasteiger partial charge on any atom is -0.308 e. The lowest BCUT2D eigenvalue weighted by Gasteiger charge is -2.17. The zero-order valence-corrected chi connectivity index (χ0v) is 12.4. The Morgan fingerprint density at radius 1 is 1.23 bits per heavy atom. The summed E-state index contributed by atoms with van der Waals surface area (Å²) >= 11 is 0. The van der Waals surface area contributed by atoms with Crippen molar-refractivity contribution in [3.05, 3.63) is 53.6 Å². The molecule has 5 heteroatoms. The molecule has 5 nitrogen and oxygen atoms in total. The van der Waals surface area contributed by atoms with E-state index in [1.165, 1.54) is 5.56 Å². The molecule has 1 aromatic heterocycles. The van der Waals surface area contributed by atoms with Gasteiger partial charge in [0.05, 0.1) is 5.52 Å². The first kappa shape index (κ1) is 13.0. The monoisotopic (exact) mass is 292 g/mol. The molecular formula is C17H16N4O. The van der Waals surface area contributed by atoms with Gasteiger partial charge in [0.2, 0.25) is 0 Å². The SMILES string of the molecule is CCn1nnc2cc(C(=O)N3CCc4ccccc43)ccc21. The van der Waals surface area contributed by atoms with Crippen LogP contribution in [0, 0.1) is 0 Å². The van der Waals surface area contributed by atoms with Crippen LogP contribution in [0.1, 0.15) is 22.8 Å². The summed E-state index contributed by atoms with van der Waals surface area (Å²) in [4.78, 5) is 14.6. The molecule has 22 heavy (non-hydrogen) atoms. The number of rotatable bonds is 2. The third-order valence-electron chi connectivity index (χ3n) is 4.19. The van der Waals surface area contributed by atoms with Gasteiger partial charge >= 0.3 is 0 Å². The number of nitrogens with zero attached hydrogens (tertiary/aromatic N) is 4. The van der Waals surface area contributed by atoms with E-state index in [0.29, 0.717) is 5.56 Å². The Morgan fingerprint density at radius 3 is 2.95 bits per heavy atom. The second kappa shape index (κ2) is 4.94. The van der Waals surface area contributed by atoms with Gasteiger partial charge in [-0.1, -0.05) is 23.4 Å². The van der Waals surface area contributed by atoms with E-state index in [-0.39, 0.29) is 5.91 Å². The number of aromatic nitrogens is 3. The van der Waals surface area contributed by atoms with Crippen molar-refractivity contribution >= 4 is 22.6 Å². The molecule has 0 spiro atoms. The number of carbonyl (C=O) groups is 1. The van der Waals surface area contributed by atoms with Crippen LogP contribution in [-0.2, 0) is 13.0 Å². The number of benzene rings is 2. The van der Waals surface area contributed by atoms with Crippen LogP contribution in [0.5, 0.6) is 0 Å². The van der Waals surface area contributed by atoms with E-state index in [9.17, 15) is 4.79 Å². The van der Waals surface area contributed by atoms with E-state index < -0.39 is 0 Å². The molecule has 0 radical (unpaired) electrons. The molecule has 2 aromatic carbocycles. The fraction of sp³-hybridized carbons (Fsp3) is 0.235. The van der Waals surface area contributed by atoms with Crippen LogP contribution in [-0.4, -0.2) is 27.4 Å². The van der Waals surface area contributed by atoms with Gasteiger partial charge in [0.25, 0.3) is 5.91 Å². The summed E-state index contributed by atoms with van der Waals surface area (Å²) in [7, 11) is 0. The standard InChI is InChI=1S/C17H16N4O/c1-2-21-16-8-7-13(11-14(16)18-19-21)17(22)20-10-9-12-5-3-4-6-15(12)20/h3-8,11H,2,9-10H2,1H3. The fourth-order valence-electron chi connectivity index (χ4n) is 3.04. The van der Waals surface area contributed by atoms with Crippen molar-refractivity contribution < 1.29 is 4.79 Å². The van der Waals surface area contributed by atoms with Gasteiger partial charge in [-0.3, -0.25) is 4.79 Å². The number of aryl methyl sites for hydroxylation is 1. The molecule has 110 valence electrons. The molecule has 0 atom stereocenters. The topological polar surface area (TPSA) is 51.0 Å². The first-order valence-electron chi connectivity index (χ1n) is 7.51. The third kappa shape index (κ3) is 1.89. The van der Waals surface area contributed by atoms with E-state index in [1.807, 2.05) is 52.9 Å². The largest absolute Gasteiger partial charge is 0.308 e. The zero-order chi connectivity index (χ0) is 15.1. The predicted molar refractivity (Wildman–Crippen MR) is 85.0 cm³/mol. The summed E-state index contributed by atoms with van der Waals surface area (Å²) in [6.45, 7) is 3.52. The molecule has 1 amide bonds. The van der Waals surface area contributed by atoms with Gasteiger partial charge in [0, 0.05) is 24.3 Å². The summed E-state index contributed by atoms with van der Waals surface area (Å²) < 4.78 is 1.83. The molecule has 0 N–H and O–H groups in total. The highest BCUT2D eigenvalue weighted by Gasteiger charge is 2.25. The molecule has 2 heterocycles. The lowest BCUT2D eigenvalue weighted by molar-refractivity contribution is 0.0989. The molecule has 0 unspecified atom stereocenters. The van der Waals surface area contributed by atoms with Crippen molar-refractivity contribution in [2.75, 3.05) is 11.4 Å². The van der Waals surface area contributed by atoms with Crippen molar-refractivity contribution in [1.29, 1.82) is 0 Å². The van der Waals surface area contributed by atoms with Gasteiger partial charge in [-0.2, -0.15) is 0 Å². The lowest BCUT2D eigenvalue weighted by Crippen LogP contribution is -2.28. The van der Waals surface area contributed by atoms with Crippen molar-refractivity contribution in [3.8, 4) is 0 Å². The summed E-state index contributed by atoms with van der Waals surface area (Å²) in [6, 6.07) is 13.7. The maximum atomic E-state index is 12.8. The molecule has 1 aliphatic rings. The maximum absolute atomic E-state index is 12.8. The van der Waals surface area contributed by atoms with Crippen molar-refractivity contribution in [2.45, 2.75) is 19.9 Å². The second-order valence-electron chi connectivity index (χ2n) is 5.44. The van der Waals surface area contributed by atoms with Gasteiger partial charge in [-0.25, -0.2) is 4.68 Å². The molecule has 0 fully saturated rings. The number of fused-ring (bicyclic) bond motifs is 2. The van der Waals surface area contributed by atoms with E-state index in [4.69, 9.17) is 0 Å². The smallest absolute Gasteiger partial charge is 0.258 e. The summed E-state index contributed by atoms with van der Waals surface area (Å²) in [5.74, 6) is 0.0258. The van der Waals surface area contributed by atoms with E-state index in [2.05, 4.69) is 16.4 Å². The van der Waals surface area contributed by atoms with Gasteiger partial charge in [0.15, 0.2) is 0 Å². The van der Waals surface area contributed by atoms with Crippen molar-refractivity contribution in [3.63, 3.8) is 0 Å². The fourth-order valence-corrected chi connectivity index (χ4v) is 3.04. The number of hydrogen-bond acceptors (Lipinski definition) is 3. The van der Waals surface area contributed by atoms with Gasteiger partial charge in [0.1, 0.15) is 5.52 Å². The Bertz CT molecular complexity index is 868. The second-order valence-corrected chi connectivity index (χ2v) is 5.44. The number of amides is 1. The summed E-state index contributed by atoms with van der Waals surface area (Å²) in [5.41, 5.74) is 4.63. The lowest BCUT2D eigenvalue weighted by atomic mass is 10.1. The Balaban J connectivity index is 1.72. The number of carbonyl (C=O) groups excluding carboxylic acids is 1. The van der Waals surface area contributed by atoms with Crippen molar-refractivity contribution in [1.82, 2.24) is 15.0 Å². The Kier molecular flexibility index (Phi) is 2.92. The van der Waals surface area contributed by atoms with Crippen LogP contribution < -0.4 is 4.90 Å². The molecule has 0 bridgehead atoms. The number of anilines is 1. The average molecular weight is 292 g/mol. The van der Waals surface area contributed by atoms with E-state index in [1.54, 1.807) is 0 Å². The quantitative estimate of drug-likeness (QED) is 0.729. The van der Waals surface area contributed by atoms with Crippen LogP contribution >= 0.6 is 0 Å². The van der Waals surface area contributed by atoms with E-state index in [0.717, 1.165) is 36.2 Å². The third-order valence-corrected chi connectivity index (χ3v) is 4.19. The molecule has 0 saturated heterocycles. The van der Waals surface area contributed by atoms with E-state index >= 15 is 0 Å². The molecule has 4 rings (SSSR count). The molecular weight excluding hydrogens is 276 g/mol. The Hall–Kier alpha value is -2.69.